The van der Waals surface area contributed by atoms with Crippen molar-refractivity contribution in [3.8, 4) is 23.0 Å². The number of carbonyl (C=O) groups is 1. The molecule has 56 heavy (non-hydrogen) atoms. The van der Waals surface area contributed by atoms with Crippen molar-refractivity contribution in [1.29, 1.82) is 0 Å². The number of pyridine rings is 1. The molecule has 5 aromatic rings. The lowest BCUT2D eigenvalue weighted by Gasteiger charge is -2.21. The second-order valence-corrected chi connectivity index (χ2v) is 17.2. The average Bonchev–Trinajstić information content (AvgIpc) is 3.61. The van der Waals surface area contributed by atoms with Crippen molar-refractivity contribution in [1.82, 2.24) is 24.5 Å². The van der Waals surface area contributed by atoms with E-state index < -0.39 is 92.6 Å². The molecular formula is C39H34F7N5O4S. The second-order valence-electron chi connectivity index (χ2n) is 15.0. The molecule has 2 aliphatic carbocycles. The molecule has 1 fully saturated rings. The molecule has 2 aromatic carbocycles. The molecule has 0 aliphatic heterocycles. The Labute approximate surface area is 316 Å². The molecule has 17 heteroatoms. The SMILES string of the molecule is Cn1nc(CS(C)(=O)=O)c2cccc(-c3ccc(C#CC(C)(C)O)nc3[C@@H](CC(=O)Cn3nc(C(F)(F)F)c4c3C(F)(F)[C@@H]3C[C@H]43)Cc3cc(F)cc(F)c3)c21. The normalized spacial score (nSPS) is 18.0. The Bertz CT molecular complexity index is 2580. The summed E-state index contributed by atoms with van der Waals surface area (Å²) in [6.07, 6.45) is -4.93. The molecule has 0 spiro atoms. The summed E-state index contributed by atoms with van der Waals surface area (Å²) in [5, 5.41) is 18.7. The Morgan fingerprint density at radius 3 is 2.39 bits per heavy atom. The third-order valence-corrected chi connectivity index (χ3v) is 10.6. The summed E-state index contributed by atoms with van der Waals surface area (Å²) >= 11 is 0. The van der Waals surface area contributed by atoms with E-state index in [1.807, 2.05) is 0 Å². The van der Waals surface area contributed by atoms with Gasteiger partial charge in [-0.2, -0.15) is 32.1 Å². The van der Waals surface area contributed by atoms with Gasteiger partial charge in [0.1, 0.15) is 35.2 Å². The molecule has 294 valence electrons. The zero-order valence-corrected chi connectivity index (χ0v) is 31.2. The Balaban J connectivity index is 1.38. The van der Waals surface area contributed by atoms with Crippen molar-refractivity contribution in [2.75, 3.05) is 6.26 Å². The lowest BCUT2D eigenvalue weighted by Crippen LogP contribution is -2.24. The molecule has 0 saturated heterocycles. The van der Waals surface area contributed by atoms with Crippen LogP contribution in [-0.2, 0) is 52.5 Å². The standard InChI is InChI=1S/C39H34F7N5O4S/c1-37(2,53)11-10-24-8-9-26(27-6-5-7-28-31(19-56(4,54)55)48-50(3)34(27)28)33(47-24)21(12-20-13-22(40)16-23(41)14-20)15-25(52)18-51-36-32(35(49-51)39(44,45)46)29-17-30(29)38(36,42)43/h5-9,13-14,16,21,29-30,53H,12,15,17-19H2,1-4H3/t21-,29+,30-/m1/s1. The average molecular weight is 802 g/mol. The Kier molecular flexibility index (Phi) is 9.47. The topological polar surface area (TPSA) is 120 Å². The Morgan fingerprint density at radius 1 is 1.05 bits per heavy atom. The molecule has 3 atom stereocenters. The van der Waals surface area contributed by atoms with Gasteiger partial charge in [0.25, 0.3) is 5.92 Å². The van der Waals surface area contributed by atoms with Crippen LogP contribution in [0.2, 0.25) is 0 Å². The molecule has 1 saturated carbocycles. The lowest BCUT2D eigenvalue weighted by molar-refractivity contribution is -0.142. The van der Waals surface area contributed by atoms with Crippen LogP contribution in [-0.4, -0.2) is 55.7 Å². The summed E-state index contributed by atoms with van der Waals surface area (Å²) in [4.78, 5) is 18.7. The van der Waals surface area contributed by atoms with Crippen LogP contribution in [0.3, 0.4) is 0 Å². The van der Waals surface area contributed by atoms with Crippen molar-refractivity contribution in [2.24, 2.45) is 13.0 Å². The number of para-hydroxylation sites is 1. The Hall–Kier alpha value is -5.08. The number of rotatable bonds is 10. The third-order valence-electron chi connectivity index (χ3n) is 9.84. The number of halogens is 7. The van der Waals surface area contributed by atoms with Crippen molar-refractivity contribution in [3.63, 3.8) is 0 Å². The molecule has 1 N–H and O–H groups in total. The Morgan fingerprint density at radius 2 is 1.75 bits per heavy atom. The van der Waals surface area contributed by atoms with E-state index in [1.165, 1.54) is 24.6 Å². The van der Waals surface area contributed by atoms with E-state index >= 15 is 8.78 Å². The fourth-order valence-corrected chi connectivity index (χ4v) is 8.37. The number of nitrogens with zero attached hydrogens (tertiary/aromatic N) is 5. The van der Waals surface area contributed by atoms with Gasteiger partial charge in [-0.15, -0.1) is 0 Å². The predicted molar refractivity (Wildman–Crippen MR) is 190 cm³/mol. The third kappa shape index (κ3) is 7.68. The molecule has 0 radical (unpaired) electrons. The number of aryl methyl sites for hydroxylation is 1. The van der Waals surface area contributed by atoms with Gasteiger partial charge in [-0.1, -0.05) is 24.1 Å². The zero-order chi connectivity index (χ0) is 40.7. The smallest absolute Gasteiger partial charge is 0.378 e. The number of alkyl halides is 5. The number of benzene rings is 2. The molecule has 0 bridgehead atoms. The summed E-state index contributed by atoms with van der Waals surface area (Å²) in [7, 11) is -1.92. The van der Waals surface area contributed by atoms with Gasteiger partial charge in [-0.3, -0.25) is 14.2 Å². The first-order valence-corrected chi connectivity index (χ1v) is 19.5. The van der Waals surface area contributed by atoms with Gasteiger partial charge < -0.3 is 5.11 Å². The van der Waals surface area contributed by atoms with Crippen LogP contribution < -0.4 is 0 Å². The van der Waals surface area contributed by atoms with E-state index in [-0.39, 0.29) is 41.2 Å². The quantitative estimate of drug-likeness (QED) is 0.120. The van der Waals surface area contributed by atoms with Crippen LogP contribution in [0.5, 0.6) is 0 Å². The van der Waals surface area contributed by atoms with E-state index in [4.69, 9.17) is 4.98 Å². The number of hydrogen-bond acceptors (Lipinski definition) is 7. The summed E-state index contributed by atoms with van der Waals surface area (Å²) in [6.45, 7) is 1.92. The number of aliphatic hydroxyl groups is 1. The van der Waals surface area contributed by atoms with Crippen LogP contribution in [0, 0.1) is 29.4 Å². The van der Waals surface area contributed by atoms with E-state index in [9.17, 15) is 40.3 Å². The number of carbonyl (C=O) groups excluding carboxylic acids is 1. The fraction of sp³-hybridized carbons (Fsp3) is 0.385. The molecule has 3 heterocycles. The zero-order valence-electron chi connectivity index (χ0n) is 30.3. The molecule has 0 amide bonds. The van der Waals surface area contributed by atoms with Gasteiger partial charge in [0.2, 0.25) is 0 Å². The highest BCUT2D eigenvalue weighted by atomic mass is 32.2. The first kappa shape index (κ1) is 39.2. The maximum atomic E-state index is 15.4. The number of hydrogen-bond donors (Lipinski definition) is 1. The van der Waals surface area contributed by atoms with Crippen LogP contribution in [0.4, 0.5) is 30.7 Å². The molecule has 3 aromatic heterocycles. The van der Waals surface area contributed by atoms with Crippen molar-refractivity contribution in [3.05, 3.63) is 99.8 Å². The minimum atomic E-state index is -5.05. The van der Waals surface area contributed by atoms with Crippen molar-refractivity contribution in [2.45, 2.75) is 74.9 Å². The highest BCUT2D eigenvalue weighted by molar-refractivity contribution is 7.89. The molecule has 7 rings (SSSR count). The highest BCUT2D eigenvalue weighted by Crippen LogP contribution is 2.68. The van der Waals surface area contributed by atoms with E-state index in [1.54, 1.807) is 31.3 Å². The van der Waals surface area contributed by atoms with Gasteiger partial charge in [-0.25, -0.2) is 22.2 Å². The first-order valence-electron chi connectivity index (χ1n) is 17.4. The summed E-state index contributed by atoms with van der Waals surface area (Å²) in [5.74, 6) is -4.70. The number of sulfone groups is 1. The van der Waals surface area contributed by atoms with Crippen LogP contribution >= 0.6 is 0 Å². The monoisotopic (exact) mass is 801 g/mol. The number of fused-ring (bicyclic) bond motifs is 4. The predicted octanol–water partition coefficient (Wildman–Crippen LogP) is 6.99. The van der Waals surface area contributed by atoms with Gasteiger partial charge in [0, 0.05) is 59.7 Å². The highest BCUT2D eigenvalue weighted by Gasteiger charge is 2.68. The number of ketones is 1. The molecule has 0 unspecified atom stereocenters. The fourth-order valence-electron chi connectivity index (χ4n) is 7.66. The minimum absolute atomic E-state index is 0.0844. The van der Waals surface area contributed by atoms with Gasteiger partial charge in [0.05, 0.1) is 22.7 Å². The minimum Gasteiger partial charge on any atom is -0.378 e. The maximum Gasteiger partial charge on any atom is 0.435 e. The summed E-state index contributed by atoms with van der Waals surface area (Å²) in [6, 6.07) is 10.9. The largest absolute Gasteiger partial charge is 0.435 e. The van der Waals surface area contributed by atoms with Crippen LogP contribution in [0.1, 0.15) is 78.1 Å². The van der Waals surface area contributed by atoms with Crippen molar-refractivity contribution >= 4 is 26.5 Å². The van der Waals surface area contributed by atoms with E-state index in [0.29, 0.717) is 32.8 Å². The van der Waals surface area contributed by atoms with Gasteiger partial charge >= 0.3 is 6.18 Å². The number of Topliss-reactive ketones (excluding diaryl/α,β-unsaturated/α-hetero) is 1. The van der Waals surface area contributed by atoms with Crippen LogP contribution in [0.25, 0.3) is 22.0 Å². The second kappa shape index (κ2) is 13.5. The molecular weight excluding hydrogens is 768 g/mol. The lowest BCUT2D eigenvalue weighted by atomic mass is 9.86. The molecule has 9 nitrogen and oxygen atoms in total. The maximum absolute atomic E-state index is 15.4. The van der Waals surface area contributed by atoms with Crippen molar-refractivity contribution < 1.29 is 49.1 Å². The first-order chi connectivity index (χ1) is 26.0. The molecule has 2 aliphatic rings. The van der Waals surface area contributed by atoms with Gasteiger partial charge in [-0.05, 0) is 68.4 Å². The van der Waals surface area contributed by atoms with E-state index in [2.05, 4.69) is 22.0 Å². The summed E-state index contributed by atoms with van der Waals surface area (Å²) < 4.78 is 128. The van der Waals surface area contributed by atoms with Gasteiger partial charge in [0.15, 0.2) is 21.3 Å². The van der Waals surface area contributed by atoms with E-state index in [0.717, 1.165) is 18.4 Å². The summed E-state index contributed by atoms with van der Waals surface area (Å²) in [5.41, 5.74) is -2.57. The number of aromatic nitrogens is 5. The van der Waals surface area contributed by atoms with Crippen LogP contribution in [0.15, 0.2) is 48.5 Å².